The van der Waals surface area contributed by atoms with E-state index in [9.17, 15) is 14.7 Å². The van der Waals surface area contributed by atoms with E-state index in [4.69, 9.17) is 4.74 Å². The number of carboxylic acid groups (broad SMARTS) is 1. The van der Waals surface area contributed by atoms with Crippen LogP contribution in [0.4, 0.5) is 5.00 Å². The smallest absolute Gasteiger partial charge is 0.339 e. The third kappa shape index (κ3) is 3.51. The summed E-state index contributed by atoms with van der Waals surface area (Å²) in [6, 6.07) is 3.19. The monoisotopic (exact) mass is 360 g/mol. The third-order valence-corrected chi connectivity index (χ3v) is 5.57. The molecule has 3 rings (SSSR count). The predicted octanol–water partition coefficient (Wildman–Crippen LogP) is 3.62. The number of fused-ring (bicyclic) bond motifs is 1. The normalized spacial score (nSPS) is 15.3. The van der Waals surface area contributed by atoms with Crippen LogP contribution in [0.1, 0.15) is 51.6 Å². The molecule has 0 saturated heterocycles. The number of hydrogen-bond donors (Lipinski definition) is 2. The first-order valence-corrected chi connectivity index (χ1v) is 8.81. The first-order valence-electron chi connectivity index (χ1n) is 8.00. The summed E-state index contributed by atoms with van der Waals surface area (Å²) < 4.78 is 5.02. The largest absolute Gasteiger partial charge is 0.495 e. The number of methoxy groups -OCH3 is 1. The lowest BCUT2D eigenvalue weighted by Gasteiger charge is -2.29. The number of ether oxygens (including phenoxy) is 1. The Hall–Kier alpha value is -2.41. The second-order valence-corrected chi connectivity index (χ2v) is 8.00. The zero-order chi connectivity index (χ0) is 18.2. The number of amides is 1. The number of carboxylic acids is 1. The van der Waals surface area contributed by atoms with Gasteiger partial charge in [0.1, 0.15) is 16.4 Å². The van der Waals surface area contributed by atoms with E-state index < -0.39 is 11.9 Å². The van der Waals surface area contributed by atoms with Crippen LogP contribution < -0.4 is 10.1 Å². The Morgan fingerprint density at radius 2 is 2.12 bits per heavy atom. The van der Waals surface area contributed by atoms with Gasteiger partial charge in [-0.15, -0.1) is 11.3 Å². The Kier molecular flexibility index (Phi) is 4.51. The van der Waals surface area contributed by atoms with E-state index in [0.717, 1.165) is 29.7 Å². The highest BCUT2D eigenvalue weighted by molar-refractivity contribution is 7.17. The van der Waals surface area contributed by atoms with E-state index in [1.54, 1.807) is 12.1 Å². The van der Waals surface area contributed by atoms with Crippen molar-refractivity contribution in [3.63, 3.8) is 0 Å². The fourth-order valence-corrected chi connectivity index (χ4v) is 4.52. The fourth-order valence-electron chi connectivity index (χ4n) is 3.02. The summed E-state index contributed by atoms with van der Waals surface area (Å²) in [7, 11) is 1.52. The lowest BCUT2D eigenvalue weighted by Crippen LogP contribution is -2.22. The Bertz CT molecular complexity index is 824. The van der Waals surface area contributed by atoms with Crippen LogP contribution in [0, 0.1) is 5.41 Å². The molecule has 2 heterocycles. The van der Waals surface area contributed by atoms with Crippen molar-refractivity contribution in [3.05, 3.63) is 40.0 Å². The number of thiophene rings is 1. The van der Waals surface area contributed by atoms with Crippen LogP contribution in [0.15, 0.2) is 18.3 Å². The van der Waals surface area contributed by atoms with E-state index >= 15 is 0 Å². The minimum atomic E-state index is -1.00. The summed E-state index contributed by atoms with van der Waals surface area (Å²) in [6.07, 6.45) is 3.93. The van der Waals surface area contributed by atoms with Crippen LogP contribution in [-0.2, 0) is 12.8 Å². The standard InChI is InChI=1S/C18H20N2O4S/c1-18(2)7-6-11-13(8-18)25-16(14(11)17(22)23)20-15(21)12-5-4-10(24-3)9-19-12/h4-5,9H,6-8H2,1-3H3,(H,20,21)(H,22,23). The van der Waals surface area contributed by atoms with E-state index in [0.29, 0.717) is 10.8 Å². The van der Waals surface area contributed by atoms with Gasteiger partial charge in [0, 0.05) is 4.88 Å². The van der Waals surface area contributed by atoms with Crippen molar-refractivity contribution >= 4 is 28.2 Å². The molecule has 0 atom stereocenters. The number of anilines is 1. The van der Waals surface area contributed by atoms with Gasteiger partial charge in [0.05, 0.1) is 18.9 Å². The van der Waals surface area contributed by atoms with Crippen molar-refractivity contribution in [3.8, 4) is 5.75 Å². The fraction of sp³-hybridized carbons (Fsp3) is 0.389. The maximum Gasteiger partial charge on any atom is 0.339 e. The molecule has 0 unspecified atom stereocenters. The van der Waals surface area contributed by atoms with E-state index in [1.807, 2.05) is 0 Å². The SMILES string of the molecule is COc1ccc(C(=O)Nc2sc3c(c2C(=O)O)CCC(C)(C)C3)nc1. The average molecular weight is 360 g/mol. The molecule has 2 aromatic heterocycles. The third-order valence-electron chi connectivity index (χ3n) is 4.43. The van der Waals surface area contributed by atoms with Crippen LogP contribution in [0.2, 0.25) is 0 Å². The van der Waals surface area contributed by atoms with Gasteiger partial charge in [0.15, 0.2) is 0 Å². The number of pyridine rings is 1. The topological polar surface area (TPSA) is 88.5 Å². The summed E-state index contributed by atoms with van der Waals surface area (Å²) >= 11 is 1.36. The highest BCUT2D eigenvalue weighted by Crippen LogP contribution is 2.43. The van der Waals surface area contributed by atoms with E-state index in [2.05, 4.69) is 24.1 Å². The molecule has 1 aliphatic rings. The maximum absolute atomic E-state index is 12.4. The molecule has 1 aliphatic carbocycles. The zero-order valence-corrected chi connectivity index (χ0v) is 15.2. The van der Waals surface area contributed by atoms with Crippen molar-refractivity contribution in [2.75, 3.05) is 12.4 Å². The molecule has 0 radical (unpaired) electrons. The molecule has 2 aromatic rings. The summed E-state index contributed by atoms with van der Waals surface area (Å²) in [6.45, 7) is 4.35. The van der Waals surface area contributed by atoms with Gasteiger partial charge in [-0.3, -0.25) is 4.79 Å². The van der Waals surface area contributed by atoms with Crippen LogP contribution in [-0.4, -0.2) is 29.1 Å². The van der Waals surface area contributed by atoms with Crippen LogP contribution in [0.3, 0.4) is 0 Å². The van der Waals surface area contributed by atoms with Gasteiger partial charge in [-0.1, -0.05) is 13.8 Å². The number of nitrogens with zero attached hydrogens (tertiary/aromatic N) is 1. The van der Waals surface area contributed by atoms with Gasteiger partial charge < -0.3 is 15.2 Å². The number of carbonyl (C=O) groups is 2. The zero-order valence-electron chi connectivity index (χ0n) is 14.4. The lowest BCUT2D eigenvalue weighted by atomic mass is 9.77. The molecule has 0 fully saturated rings. The van der Waals surface area contributed by atoms with Crippen molar-refractivity contribution in [1.82, 2.24) is 4.98 Å². The Balaban J connectivity index is 1.90. The van der Waals surface area contributed by atoms with E-state index in [1.165, 1.54) is 24.6 Å². The first-order chi connectivity index (χ1) is 11.8. The minimum Gasteiger partial charge on any atom is -0.495 e. The summed E-state index contributed by atoms with van der Waals surface area (Å²) in [5.41, 5.74) is 1.43. The second-order valence-electron chi connectivity index (χ2n) is 6.89. The number of nitrogens with one attached hydrogen (secondary N) is 1. The molecule has 132 valence electrons. The highest BCUT2D eigenvalue weighted by atomic mass is 32.1. The highest BCUT2D eigenvalue weighted by Gasteiger charge is 2.32. The predicted molar refractivity (Wildman–Crippen MR) is 95.8 cm³/mol. The Labute approximate surface area is 149 Å². The number of aromatic nitrogens is 1. The number of hydrogen-bond acceptors (Lipinski definition) is 5. The van der Waals surface area contributed by atoms with Crippen molar-refractivity contribution in [1.29, 1.82) is 0 Å². The van der Waals surface area contributed by atoms with Gasteiger partial charge in [-0.05, 0) is 42.4 Å². The number of rotatable bonds is 4. The van der Waals surface area contributed by atoms with Gasteiger partial charge in [-0.2, -0.15) is 0 Å². The van der Waals surface area contributed by atoms with E-state index in [-0.39, 0.29) is 16.7 Å². The molecule has 0 bridgehead atoms. The van der Waals surface area contributed by atoms with Gasteiger partial charge in [-0.25, -0.2) is 9.78 Å². The van der Waals surface area contributed by atoms with Crippen LogP contribution in [0.25, 0.3) is 0 Å². The Morgan fingerprint density at radius 3 is 2.72 bits per heavy atom. The molecule has 1 amide bonds. The number of aromatic carboxylic acids is 1. The van der Waals surface area contributed by atoms with Crippen molar-refractivity contribution in [2.45, 2.75) is 33.1 Å². The molecule has 0 spiro atoms. The molecule has 0 aromatic carbocycles. The molecular formula is C18H20N2O4S. The number of carbonyl (C=O) groups excluding carboxylic acids is 1. The molecule has 7 heteroatoms. The second kappa shape index (κ2) is 6.48. The average Bonchev–Trinajstić information content (AvgIpc) is 2.90. The van der Waals surface area contributed by atoms with Crippen LogP contribution in [0.5, 0.6) is 5.75 Å². The summed E-state index contributed by atoms with van der Waals surface area (Å²) in [5.74, 6) is -0.880. The minimum absolute atomic E-state index is 0.145. The quantitative estimate of drug-likeness (QED) is 0.869. The van der Waals surface area contributed by atoms with Gasteiger partial charge >= 0.3 is 5.97 Å². The maximum atomic E-state index is 12.4. The molecular weight excluding hydrogens is 340 g/mol. The molecule has 2 N–H and O–H groups in total. The molecule has 6 nitrogen and oxygen atoms in total. The lowest BCUT2D eigenvalue weighted by molar-refractivity contribution is 0.0696. The van der Waals surface area contributed by atoms with Crippen molar-refractivity contribution in [2.24, 2.45) is 5.41 Å². The Morgan fingerprint density at radius 1 is 1.36 bits per heavy atom. The summed E-state index contributed by atoms with van der Waals surface area (Å²) in [5, 5.41) is 12.7. The van der Waals surface area contributed by atoms with Crippen molar-refractivity contribution < 1.29 is 19.4 Å². The summed E-state index contributed by atoms with van der Waals surface area (Å²) in [4.78, 5) is 29.3. The van der Waals surface area contributed by atoms with Crippen LogP contribution >= 0.6 is 11.3 Å². The van der Waals surface area contributed by atoms with Gasteiger partial charge in [0.2, 0.25) is 0 Å². The molecule has 0 aliphatic heterocycles. The molecule has 0 saturated carbocycles. The first kappa shape index (κ1) is 17.4. The molecule has 25 heavy (non-hydrogen) atoms. The van der Waals surface area contributed by atoms with Gasteiger partial charge in [0.25, 0.3) is 5.91 Å².